The molecule has 1 aromatic heterocycles. The minimum absolute atomic E-state index is 0.289. The van der Waals surface area contributed by atoms with Gasteiger partial charge in [-0.2, -0.15) is 0 Å². The van der Waals surface area contributed by atoms with Crippen LogP contribution in [0.5, 0.6) is 0 Å². The lowest BCUT2D eigenvalue weighted by Gasteiger charge is -2.33. The summed E-state index contributed by atoms with van der Waals surface area (Å²) >= 11 is 6.31. The number of anilines is 2. The molecule has 0 saturated carbocycles. The van der Waals surface area contributed by atoms with Crippen LogP contribution in [0.4, 0.5) is 16.0 Å². The van der Waals surface area contributed by atoms with Crippen molar-refractivity contribution < 1.29 is 14.1 Å². The summed E-state index contributed by atoms with van der Waals surface area (Å²) in [6.07, 6.45) is 3.42. The third kappa shape index (κ3) is 3.98. The van der Waals surface area contributed by atoms with E-state index in [1.165, 1.54) is 24.3 Å². The zero-order chi connectivity index (χ0) is 16.9. The second kappa shape index (κ2) is 7.55. The van der Waals surface area contributed by atoms with Gasteiger partial charge in [0.1, 0.15) is 5.82 Å². The first-order valence-electron chi connectivity index (χ1n) is 7.70. The Bertz CT molecular complexity index is 677. The highest BCUT2D eigenvalue weighted by Gasteiger charge is 2.31. The van der Waals surface area contributed by atoms with Gasteiger partial charge in [0.15, 0.2) is 0 Å². The molecule has 1 fully saturated rings. The van der Waals surface area contributed by atoms with Crippen molar-refractivity contribution in [2.24, 2.45) is 0 Å². The number of amides is 1. The Morgan fingerprint density at radius 3 is 2.46 bits per heavy atom. The lowest BCUT2D eigenvalue weighted by molar-refractivity contribution is -0.903. The monoisotopic (exact) mass is 350 g/mol. The van der Waals surface area contributed by atoms with Crippen LogP contribution in [0.25, 0.3) is 0 Å². The van der Waals surface area contributed by atoms with E-state index < -0.39 is 5.50 Å². The Labute approximate surface area is 144 Å². The van der Waals surface area contributed by atoms with E-state index in [2.05, 4.69) is 20.2 Å². The van der Waals surface area contributed by atoms with E-state index in [1.54, 1.807) is 18.5 Å². The molecule has 8 heteroatoms. The molecule has 2 heterocycles. The zero-order valence-corrected chi connectivity index (χ0v) is 13.7. The maximum Gasteiger partial charge on any atom is 0.299 e. The van der Waals surface area contributed by atoms with Gasteiger partial charge in [0.05, 0.1) is 26.2 Å². The van der Waals surface area contributed by atoms with E-state index in [0.717, 1.165) is 18.0 Å². The third-order valence-electron chi connectivity index (χ3n) is 3.94. The molecule has 0 radical (unpaired) electrons. The van der Waals surface area contributed by atoms with Gasteiger partial charge in [-0.25, -0.2) is 14.4 Å². The van der Waals surface area contributed by atoms with Crippen molar-refractivity contribution in [3.05, 3.63) is 48.5 Å². The van der Waals surface area contributed by atoms with Crippen molar-refractivity contribution in [3.63, 3.8) is 0 Å². The van der Waals surface area contributed by atoms with Gasteiger partial charge in [0, 0.05) is 18.1 Å². The summed E-state index contributed by atoms with van der Waals surface area (Å²) in [6, 6.07) is 7.39. The number of aromatic nitrogens is 2. The second-order valence-corrected chi connectivity index (χ2v) is 5.99. The molecule has 1 aliphatic rings. The number of piperazine rings is 1. The number of halogens is 2. The molecule has 1 aliphatic heterocycles. The summed E-state index contributed by atoms with van der Waals surface area (Å²) in [5, 5.41) is 2.71. The van der Waals surface area contributed by atoms with Gasteiger partial charge in [-0.1, -0.05) is 0 Å². The smallest absolute Gasteiger partial charge is 0.299 e. The molecule has 1 aromatic carbocycles. The summed E-state index contributed by atoms with van der Waals surface area (Å²) in [4.78, 5) is 23.8. The van der Waals surface area contributed by atoms with Gasteiger partial charge in [0.25, 0.3) is 5.91 Å². The molecule has 1 amide bonds. The fourth-order valence-electron chi connectivity index (χ4n) is 2.63. The molecule has 24 heavy (non-hydrogen) atoms. The molecular weight excluding hydrogens is 333 g/mol. The fourth-order valence-corrected chi connectivity index (χ4v) is 2.90. The van der Waals surface area contributed by atoms with E-state index in [1.807, 2.05) is 0 Å². The summed E-state index contributed by atoms with van der Waals surface area (Å²) in [5.74, 6) is 0.0569. The Morgan fingerprint density at radius 1 is 1.21 bits per heavy atom. The van der Waals surface area contributed by atoms with Gasteiger partial charge in [0.2, 0.25) is 11.4 Å². The lowest BCUT2D eigenvalue weighted by atomic mass is 10.3. The van der Waals surface area contributed by atoms with Crippen LogP contribution >= 0.6 is 11.6 Å². The first kappa shape index (κ1) is 16.6. The quantitative estimate of drug-likeness (QED) is 0.623. The van der Waals surface area contributed by atoms with Crippen LogP contribution in [0.1, 0.15) is 0 Å². The Balaban J connectivity index is 1.53. The molecule has 126 valence electrons. The van der Waals surface area contributed by atoms with E-state index in [4.69, 9.17) is 11.6 Å². The molecule has 0 spiro atoms. The molecule has 2 N–H and O–H groups in total. The molecular formula is C16H18ClFN5O+. The number of quaternary nitrogens is 1. The number of nitrogens with zero attached hydrogens (tertiary/aromatic N) is 3. The van der Waals surface area contributed by atoms with Gasteiger partial charge in [-0.05, 0) is 41.9 Å². The normalized spacial score (nSPS) is 16.7. The minimum atomic E-state index is -0.700. The lowest BCUT2D eigenvalue weighted by Crippen LogP contribution is -3.18. The Kier molecular flexibility index (Phi) is 5.22. The van der Waals surface area contributed by atoms with Gasteiger partial charge >= 0.3 is 0 Å². The number of hydrogen-bond donors (Lipinski definition) is 2. The number of carbonyl (C=O) groups is 1. The molecule has 2 aromatic rings. The number of rotatable bonds is 4. The topological polar surface area (TPSA) is 62.6 Å². The van der Waals surface area contributed by atoms with Crippen molar-refractivity contribution in [3.8, 4) is 0 Å². The highest BCUT2D eigenvalue weighted by molar-refractivity contribution is 6.31. The van der Waals surface area contributed by atoms with Crippen LogP contribution in [0.3, 0.4) is 0 Å². The first-order chi connectivity index (χ1) is 11.6. The Morgan fingerprint density at radius 2 is 1.83 bits per heavy atom. The first-order valence-corrected chi connectivity index (χ1v) is 8.14. The van der Waals surface area contributed by atoms with Gasteiger partial charge in [-0.15, -0.1) is 0 Å². The van der Waals surface area contributed by atoms with Crippen LogP contribution in [0.2, 0.25) is 0 Å². The maximum atomic E-state index is 12.9. The predicted octanol–water partition coefficient (Wildman–Crippen LogP) is 0.524. The largest absolute Gasteiger partial charge is 0.330 e. The summed E-state index contributed by atoms with van der Waals surface area (Å²) in [7, 11) is 0. The molecule has 0 aliphatic carbocycles. The van der Waals surface area contributed by atoms with Crippen molar-refractivity contribution >= 4 is 29.1 Å². The molecule has 1 saturated heterocycles. The van der Waals surface area contributed by atoms with Crippen molar-refractivity contribution in [2.75, 3.05) is 36.4 Å². The number of carbonyl (C=O) groups excluding carboxylic acids is 1. The number of benzene rings is 1. The average molecular weight is 351 g/mol. The van der Waals surface area contributed by atoms with Crippen LogP contribution in [-0.4, -0.2) is 47.6 Å². The molecule has 0 bridgehead atoms. The SMILES string of the molecule is O=C(Nc1ccc(F)cc1)[C@H](Cl)[NH+]1CCN(c2ncccn2)CC1. The predicted molar refractivity (Wildman–Crippen MR) is 89.6 cm³/mol. The summed E-state index contributed by atoms with van der Waals surface area (Å²) in [6.45, 7) is 2.88. The molecule has 3 rings (SSSR count). The molecule has 0 unspecified atom stereocenters. The third-order valence-corrected chi connectivity index (χ3v) is 4.45. The highest BCUT2D eigenvalue weighted by atomic mass is 35.5. The van der Waals surface area contributed by atoms with Crippen LogP contribution in [0, 0.1) is 5.82 Å². The average Bonchev–Trinajstić information content (AvgIpc) is 2.64. The zero-order valence-electron chi connectivity index (χ0n) is 13.0. The van der Waals surface area contributed by atoms with E-state index in [0.29, 0.717) is 24.7 Å². The standard InChI is InChI=1S/C16H17ClFN5O/c17-14(15(24)21-13-4-2-12(18)3-5-13)22-8-10-23(11-9-22)16-19-6-1-7-20-16/h1-7,14H,8-11H2,(H,21,24)/p+1/t14-/m1/s1. The van der Waals surface area contributed by atoms with E-state index >= 15 is 0 Å². The van der Waals surface area contributed by atoms with Crippen LogP contribution in [0.15, 0.2) is 42.7 Å². The Hall–Kier alpha value is -2.25. The van der Waals surface area contributed by atoms with Crippen LogP contribution in [-0.2, 0) is 4.79 Å². The van der Waals surface area contributed by atoms with Crippen molar-refractivity contribution in [1.82, 2.24) is 9.97 Å². The van der Waals surface area contributed by atoms with E-state index in [-0.39, 0.29) is 11.7 Å². The van der Waals surface area contributed by atoms with Crippen molar-refractivity contribution in [1.29, 1.82) is 0 Å². The maximum absolute atomic E-state index is 12.9. The van der Waals surface area contributed by atoms with Gasteiger partial charge in [-0.3, -0.25) is 4.79 Å². The minimum Gasteiger partial charge on any atom is -0.330 e. The fraction of sp³-hybridized carbons (Fsp3) is 0.312. The summed E-state index contributed by atoms with van der Waals surface area (Å²) in [5.41, 5.74) is -0.170. The molecule has 1 atom stereocenters. The van der Waals surface area contributed by atoms with Crippen LogP contribution < -0.4 is 15.1 Å². The highest BCUT2D eigenvalue weighted by Crippen LogP contribution is 2.09. The molecule has 6 nitrogen and oxygen atoms in total. The summed E-state index contributed by atoms with van der Waals surface area (Å²) < 4.78 is 12.9. The number of alkyl halides is 1. The second-order valence-electron chi connectivity index (χ2n) is 5.55. The van der Waals surface area contributed by atoms with E-state index in [9.17, 15) is 9.18 Å². The number of hydrogen-bond acceptors (Lipinski definition) is 4. The number of nitrogens with one attached hydrogen (secondary N) is 2. The van der Waals surface area contributed by atoms with Gasteiger partial charge < -0.3 is 15.1 Å². The van der Waals surface area contributed by atoms with Crippen molar-refractivity contribution in [2.45, 2.75) is 5.50 Å².